The Hall–Kier alpha value is -3.54. The highest BCUT2D eigenvalue weighted by Crippen LogP contribution is 2.41. The first-order valence-electron chi connectivity index (χ1n) is 8.56. The van der Waals surface area contributed by atoms with Gasteiger partial charge in [-0.2, -0.15) is 0 Å². The number of aromatic nitrogens is 1. The lowest BCUT2D eigenvalue weighted by Crippen LogP contribution is -2.25. The summed E-state index contributed by atoms with van der Waals surface area (Å²) >= 11 is 0. The molecule has 1 amide bonds. The SMILES string of the molecule is COc1ccc([C@@H]2CC(=O)Nc3c(C(=O)O)cn(-c4ccccc4)c32)cc1. The monoisotopic (exact) mass is 362 g/mol. The van der Waals surface area contributed by atoms with Gasteiger partial charge in [-0.25, -0.2) is 4.79 Å². The van der Waals surface area contributed by atoms with Crippen molar-refractivity contribution in [2.45, 2.75) is 12.3 Å². The van der Waals surface area contributed by atoms with Crippen LogP contribution in [-0.4, -0.2) is 28.7 Å². The number of para-hydroxylation sites is 1. The van der Waals surface area contributed by atoms with E-state index in [2.05, 4.69) is 5.32 Å². The third-order valence-electron chi connectivity index (χ3n) is 4.81. The van der Waals surface area contributed by atoms with Gasteiger partial charge in [0.2, 0.25) is 5.91 Å². The van der Waals surface area contributed by atoms with Crippen LogP contribution in [0.3, 0.4) is 0 Å². The molecule has 1 aliphatic heterocycles. The average molecular weight is 362 g/mol. The van der Waals surface area contributed by atoms with E-state index in [1.807, 2.05) is 59.2 Å². The zero-order valence-electron chi connectivity index (χ0n) is 14.7. The van der Waals surface area contributed by atoms with E-state index >= 15 is 0 Å². The van der Waals surface area contributed by atoms with Crippen LogP contribution in [0.25, 0.3) is 5.69 Å². The lowest BCUT2D eigenvalue weighted by molar-refractivity contribution is -0.116. The number of carbonyl (C=O) groups is 2. The average Bonchev–Trinajstić information content (AvgIpc) is 3.08. The van der Waals surface area contributed by atoms with Gasteiger partial charge in [0.1, 0.15) is 11.3 Å². The van der Waals surface area contributed by atoms with Crippen molar-refractivity contribution in [3.63, 3.8) is 0 Å². The molecule has 136 valence electrons. The Bertz CT molecular complexity index is 1010. The quantitative estimate of drug-likeness (QED) is 0.742. The predicted molar refractivity (Wildman–Crippen MR) is 101 cm³/mol. The molecule has 3 aromatic rings. The molecule has 0 radical (unpaired) electrons. The number of ether oxygens (including phenoxy) is 1. The number of amides is 1. The summed E-state index contributed by atoms with van der Waals surface area (Å²) in [6, 6.07) is 17.0. The molecule has 4 rings (SSSR count). The van der Waals surface area contributed by atoms with Gasteiger partial charge in [0.15, 0.2) is 0 Å². The van der Waals surface area contributed by atoms with E-state index in [4.69, 9.17) is 4.74 Å². The summed E-state index contributed by atoms with van der Waals surface area (Å²) in [4.78, 5) is 24.1. The first-order chi connectivity index (χ1) is 13.1. The Kier molecular flexibility index (Phi) is 4.16. The van der Waals surface area contributed by atoms with Crippen LogP contribution in [0.15, 0.2) is 60.8 Å². The summed E-state index contributed by atoms with van der Waals surface area (Å²) in [6.45, 7) is 0. The van der Waals surface area contributed by atoms with Crippen molar-refractivity contribution in [2.75, 3.05) is 12.4 Å². The zero-order chi connectivity index (χ0) is 19.0. The summed E-state index contributed by atoms with van der Waals surface area (Å²) in [7, 11) is 1.60. The fraction of sp³-hybridized carbons (Fsp3) is 0.143. The molecule has 0 bridgehead atoms. The molecule has 0 saturated carbocycles. The fourth-order valence-electron chi connectivity index (χ4n) is 3.54. The maximum atomic E-state index is 12.3. The van der Waals surface area contributed by atoms with Crippen molar-refractivity contribution in [2.24, 2.45) is 0 Å². The largest absolute Gasteiger partial charge is 0.497 e. The standard InChI is InChI=1S/C21H18N2O4/c1-27-15-9-7-13(8-10-15)16-11-18(24)22-19-17(21(25)26)12-23(20(16)19)14-5-3-2-4-6-14/h2-10,12,16H,11H2,1H3,(H,22,24)(H,25,26)/t16-/m0/s1. The van der Waals surface area contributed by atoms with Crippen LogP contribution in [0.2, 0.25) is 0 Å². The summed E-state index contributed by atoms with van der Waals surface area (Å²) in [5.74, 6) is -0.801. The summed E-state index contributed by atoms with van der Waals surface area (Å²) < 4.78 is 7.07. The molecular formula is C21H18N2O4. The predicted octanol–water partition coefficient (Wildman–Crippen LogP) is 3.66. The number of hydrogen-bond acceptors (Lipinski definition) is 3. The number of nitrogens with one attached hydrogen (secondary N) is 1. The van der Waals surface area contributed by atoms with Crippen molar-refractivity contribution >= 4 is 17.6 Å². The lowest BCUT2D eigenvalue weighted by atomic mass is 9.88. The van der Waals surface area contributed by atoms with Crippen molar-refractivity contribution in [3.8, 4) is 11.4 Å². The van der Waals surface area contributed by atoms with Crippen molar-refractivity contribution in [1.29, 1.82) is 0 Å². The van der Waals surface area contributed by atoms with Gasteiger partial charge in [-0.1, -0.05) is 30.3 Å². The molecule has 0 fully saturated rings. The van der Waals surface area contributed by atoms with Crippen molar-refractivity contribution in [1.82, 2.24) is 4.57 Å². The number of benzene rings is 2. The molecule has 2 N–H and O–H groups in total. The third kappa shape index (κ3) is 2.95. The lowest BCUT2D eigenvalue weighted by Gasteiger charge is -2.26. The van der Waals surface area contributed by atoms with E-state index in [1.54, 1.807) is 13.3 Å². The van der Waals surface area contributed by atoms with E-state index in [1.165, 1.54) is 0 Å². The van der Waals surface area contributed by atoms with Crippen LogP contribution in [0.1, 0.15) is 34.0 Å². The van der Waals surface area contributed by atoms with Crippen LogP contribution in [0.4, 0.5) is 5.69 Å². The molecule has 6 nitrogen and oxygen atoms in total. The first-order valence-corrected chi connectivity index (χ1v) is 8.56. The number of carboxylic acids is 1. The van der Waals surface area contributed by atoms with E-state index < -0.39 is 5.97 Å². The molecule has 0 unspecified atom stereocenters. The highest BCUT2D eigenvalue weighted by molar-refractivity contribution is 6.04. The number of nitrogens with zero attached hydrogens (tertiary/aromatic N) is 1. The summed E-state index contributed by atoms with van der Waals surface area (Å²) in [6.07, 6.45) is 1.82. The van der Waals surface area contributed by atoms with Gasteiger partial charge in [-0.3, -0.25) is 4.79 Å². The van der Waals surface area contributed by atoms with E-state index in [0.717, 1.165) is 22.7 Å². The number of rotatable bonds is 4. The van der Waals surface area contributed by atoms with Gasteiger partial charge in [-0.15, -0.1) is 0 Å². The normalized spacial score (nSPS) is 15.7. The molecule has 0 saturated heterocycles. The molecule has 2 aromatic carbocycles. The van der Waals surface area contributed by atoms with Crippen LogP contribution in [0.5, 0.6) is 5.75 Å². The number of aromatic carboxylic acids is 1. The summed E-state index contributed by atoms with van der Waals surface area (Å²) in [5, 5.41) is 12.4. The third-order valence-corrected chi connectivity index (χ3v) is 4.81. The van der Waals surface area contributed by atoms with Gasteiger partial charge in [0, 0.05) is 24.2 Å². The maximum Gasteiger partial charge on any atom is 0.339 e. The minimum Gasteiger partial charge on any atom is -0.497 e. The van der Waals surface area contributed by atoms with Gasteiger partial charge >= 0.3 is 5.97 Å². The molecule has 27 heavy (non-hydrogen) atoms. The van der Waals surface area contributed by atoms with Gasteiger partial charge < -0.3 is 19.7 Å². The Morgan fingerprint density at radius 1 is 1.15 bits per heavy atom. The smallest absolute Gasteiger partial charge is 0.339 e. The van der Waals surface area contributed by atoms with Crippen LogP contribution in [0, 0.1) is 0 Å². The van der Waals surface area contributed by atoms with Gasteiger partial charge in [0.05, 0.1) is 18.5 Å². The van der Waals surface area contributed by atoms with E-state index in [9.17, 15) is 14.7 Å². The summed E-state index contributed by atoms with van der Waals surface area (Å²) in [5.41, 5.74) is 2.99. The number of anilines is 1. The molecule has 0 spiro atoms. The minimum atomic E-state index is -1.07. The second-order valence-electron chi connectivity index (χ2n) is 6.39. The number of carboxylic acid groups (broad SMARTS) is 1. The highest BCUT2D eigenvalue weighted by atomic mass is 16.5. The molecule has 1 atom stereocenters. The van der Waals surface area contributed by atoms with Crippen molar-refractivity contribution in [3.05, 3.63) is 77.6 Å². The Balaban J connectivity index is 1.93. The Morgan fingerprint density at radius 3 is 2.48 bits per heavy atom. The van der Waals surface area contributed by atoms with E-state index in [0.29, 0.717) is 5.69 Å². The second kappa shape index (κ2) is 6.64. The number of fused-ring (bicyclic) bond motifs is 1. The Labute approximate surface area is 156 Å². The van der Waals surface area contributed by atoms with Crippen LogP contribution in [-0.2, 0) is 4.79 Å². The molecule has 1 aliphatic rings. The van der Waals surface area contributed by atoms with E-state index in [-0.39, 0.29) is 23.8 Å². The van der Waals surface area contributed by atoms with Crippen LogP contribution >= 0.6 is 0 Å². The fourth-order valence-corrected chi connectivity index (χ4v) is 3.54. The first kappa shape index (κ1) is 16.9. The zero-order valence-corrected chi connectivity index (χ0v) is 14.7. The number of carbonyl (C=O) groups excluding carboxylic acids is 1. The molecule has 2 heterocycles. The topological polar surface area (TPSA) is 80.6 Å². The van der Waals surface area contributed by atoms with Gasteiger partial charge in [0.25, 0.3) is 0 Å². The Morgan fingerprint density at radius 2 is 1.85 bits per heavy atom. The van der Waals surface area contributed by atoms with Crippen molar-refractivity contribution < 1.29 is 19.4 Å². The van der Waals surface area contributed by atoms with Gasteiger partial charge in [-0.05, 0) is 29.8 Å². The maximum absolute atomic E-state index is 12.3. The number of methoxy groups -OCH3 is 1. The molecule has 6 heteroatoms. The molecule has 1 aromatic heterocycles. The highest BCUT2D eigenvalue weighted by Gasteiger charge is 2.34. The second-order valence-corrected chi connectivity index (χ2v) is 6.39. The number of hydrogen-bond donors (Lipinski definition) is 2. The minimum absolute atomic E-state index is 0.0837. The van der Waals surface area contributed by atoms with Crippen LogP contribution < -0.4 is 10.1 Å². The molecule has 0 aliphatic carbocycles. The molecular weight excluding hydrogens is 344 g/mol.